The van der Waals surface area contributed by atoms with Gasteiger partial charge in [-0.3, -0.25) is 19.2 Å². The first kappa shape index (κ1) is 26.7. The smallest absolute Gasteiger partial charge is 0.373 e. The highest BCUT2D eigenvalue weighted by Crippen LogP contribution is 2.30. The molecular formula is C21H29NO10. The van der Waals surface area contributed by atoms with Crippen LogP contribution in [0.2, 0.25) is 0 Å². The minimum absolute atomic E-state index is 0.187. The summed E-state index contributed by atoms with van der Waals surface area (Å²) in [6, 6.07) is -0.836. The largest absolute Gasteiger partial charge is 0.477 e. The Morgan fingerprint density at radius 1 is 1.06 bits per heavy atom. The van der Waals surface area contributed by atoms with Crippen molar-refractivity contribution in [3.8, 4) is 0 Å². The fourth-order valence-corrected chi connectivity index (χ4v) is 3.21. The van der Waals surface area contributed by atoms with E-state index in [1.54, 1.807) is 19.1 Å². The monoisotopic (exact) mass is 455 g/mol. The minimum Gasteiger partial charge on any atom is -0.477 e. The van der Waals surface area contributed by atoms with Crippen LogP contribution in [0.4, 0.5) is 0 Å². The van der Waals surface area contributed by atoms with Crippen molar-refractivity contribution in [3.63, 3.8) is 0 Å². The number of hydrogen-bond acceptors (Lipinski definition) is 10. The van der Waals surface area contributed by atoms with Crippen molar-refractivity contribution in [1.29, 1.82) is 0 Å². The molecule has 0 aromatic heterocycles. The summed E-state index contributed by atoms with van der Waals surface area (Å²) in [6.45, 7) is 5.98. The Hall–Kier alpha value is -3.37. The van der Waals surface area contributed by atoms with Crippen LogP contribution < -0.4 is 5.32 Å². The van der Waals surface area contributed by atoms with Crippen LogP contribution in [-0.2, 0) is 47.7 Å². The third kappa shape index (κ3) is 8.05. The fourth-order valence-electron chi connectivity index (χ4n) is 3.21. The fraction of sp³-hybridized carbons (Fsp3) is 0.571. The summed E-state index contributed by atoms with van der Waals surface area (Å²) < 4.78 is 26.1. The molecule has 178 valence electrons. The number of rotatable bonds is 9. The van der Waals surface area contributed by atoms with Gasteiger partial charge in [0.25, 0.3) is 0 Å². The number of allylic oxidation sites excluding steroid dienone is 1. The van der Waals surface area contributed by atoms with E-state index in [0.29, 0.717) is 0 Å². The molecule has 11 nitrogen and oxygen atoms in total. The van der Waals surface area contributed by atoms with E-state index in [0.717, 1.165) is 27.9 Å². The van der Waals surface area contributed by atoms with E-state index in [-0.39, 0.29) is 5.76 Å². The molecule has 11 heteroatoms. The van der Waals surface area contributed by atoms with Gasteiger partial charge in [0, 0.05) is 33.6 Å². The Bertz CT molecular complexity index is 787. The normalized spacial score (nSPS) is 21.9. The molecule has 0 aromatic carbocycles. The second kappa shape index (κ2) is 12.5. The van der Waals surface area contributed by atoms with Crippen molar-refractivity contribution in [1.82, 2.24) is 5.32 Å². The van der Waals surface area contributed by atoms with Crippen molar-refractivity contribution in [2.45, 2.75) is 59.0 Å². The lowest BCUT2D eigenvalue weighted by atomic mass is 9.86. The maximum absolute atomic E-state index is 12.2. The number of methoxy groups -OCH3 is 1. The number of carbonyl (C=O) groups is 5. The van der Waals surface area contributed by atoms with E-state index in [1.807, 2.05) is 0 Å². The predicted molar refractivity (Wildman–Crippen MR) is 109 cm³/mol. The van der Waals surface area contributed by atoms with Crippen LogP contribution in [0.3, 0.4) is 0 Å². The molecule has 1 aliphatic heterocycles. The Morgan fingerprint density at radius 2 is 1.69 bits per heavy atom. The molecule has 1 N–H and O–H groups in total. The Balaban J connectivity index is 3.56. The minimum atomic E-state index is -1.35. The van der Waals surface area contributed by atoms with Gasteiger partial charge >= 0.3 is 23.9 Å². The lowest BCUT2D eigenvalue weighted by Crippen LogP contribution is -2.59. The molecule has 0 radical (unpaired) electrons. The predicted octanol–water partition coefficient (Wildman–Crippen LogP) is 0.566. The van der Waals surface area contributed by atoms with E-state index in [1.165, 1.54) is 13.0 Å². The highest BCUT2D eigenvalue weighted by Gasteiger charge is 2.47. The number of hydrogen-bond donors (Lipinski definition) is 1. The summed E-state index contributed by atoms with van der Waals surface area (Å²) in [5.74, 6) is -4.12. The third-order valence-electron chi connectivity index (χ3n) is 4.31. The molecular weight excluding hydrogens is 426 g/mol. The van der Waals surface area contributed by atoms with Gasteiger partial charge in [-0.2, -0.15) is 0 Å². The van der Waals surface area contributed by atoms with Gasteiger partial charge in [0.05, 0.1) is 13.2 Å². The topological polar surface area (TPSA) is 144 Å². The second-order valence-electron chi connectivity index (χ2n) is 6.96. The molecule has 1 heterocycles. The molecule has 0 aromatic rings. The lowest BCUT2D eigenvalue weighted by Gasteiger charge is -2.41. The summed E-state index contributed by atoms with van der Waals surface area (Å²) in [4.78, 5) is 59.1. The average molecular weight is 455 g/mol. The average Bonchev–Trinajstić information content (AvgIpc) is 2.69. The number of esters is 4. The standard InChI is InChI=1S/C21H29NO10/c1-7-8-15-9-16(21(27)28-6)32-20(18(15)22-11(2)23)19(31-14(5)26)17(30-13(4)25)10-29-12(3)24/h7-9,15,17-20H,10H2,1-6H3,(H,22,23)/b8-7-/t15-,17-,18-,19-,20-/m1/s1. The van der Waals surface area contributed by atoms with Crippen LogP contribution in [-0.4, -0.2) is 67.9 Å². The highest BCUT2D eigenvalue weighted by atomic mass is 16.6. The maximum atomic E-state index is 12.2. The van der Waals surface area contributed by atoms with Gasteiger partial charge in [-0.1, -0.05) is 12.2 Å². The van der Waals surface area contributed by atoms with Gasteiger partial charge in [-0.15, -0.1) is 0 Å². The zero-order valence-electron chi connectivity index (χ0n) is 18.9. The molecule has 5 atom stereocenters. The molecule has 0 aliphatic carbocycles. The van der Waals surface area contributed by atoms with Gasteiger partial charge in [-0.05, 0) is 13.0 Å². The van der Waals surface area contributed by atoms with E-state index in [4.69, 9.17) is 23.7 Å². The lowest BCUT2D eigenvalue weighted by molar-refractivity contribution is -0.188. The van der Waals surface area contributed by atoms with Gasteiger partial charge < -0.3 is 29.0 Å². The first-order valence-electron chi connectivity index (χ1n) is 9.84. The zero-order chi connectivity index (χ0) is 24.4. The number of carbonyl (C=O) groups excluding carboxylic acids is 5. The van der Waals surface area contributed by atoms with Crippen LogP contribution in [0.15, 0.2) is 24.0 Å². The maximum Gasteiger partial charge on any atom is 0.373 e. The summed E-state index contributed by atoms with van der Waals surface area (Å²) in [5.41, 5.74) is 0. The van der Waals surface area contributed by atoms with Crippen molar-refractivity contribution in [2.24, 2.45) is 5.92 Å². The molecule has 1 aliphatic rings. The molecule has 1 rings (SSSR count). The summed E-state index contributed by atoms with van der Waals surface area (Å²) in [6.07, 6.45) is 1.02. The second-order valence-corrected chi connectivity index (χ2v) is 6.96. The SMILES string of the molecule is C/C=C\[C@@H]1C=C(C(=O)OC)O[C@@H]([C@H](OC(C)=O)[C@@H](COC(C)=O)OC(C)=O)[C@@H]1NC(C)=O. The van der Waals surface area contributed by atoms with E-state index >= 15 is 0 Å². The molecule has 0 unspecified atom stereocenters. The Labute approximate surface area is 186 Å². The molecule has 0 bridgehead atoms. The molecule has 0 saturated heterocycles. The van der Waals surface area contributed by atoms with Gasteiger partial charge in [0.2, 0.25) is 11.7 Å². The number of nitrogens with one attached hydrogen (secondary N) is 1. The number of ether oxygens (including phenoxy) is 5. The summed E-state index contributed by atoms with van der Waals surface area (Å²) in [5, 5.41) is 2.72. The van der Waals surface area contributed by atoms with Gasteiger partial charge in [0.15, 0.2) is 18.3 Å². The molecule has 1 amide bonds. The third-order valence-corrected chi connectivity index (χ3v) is 4.31. The first-order valence-corrected chi connectivity index (χ1v) is 9.84. The van der Waals surface area contributed by atoms with Crippen molar-refractivity contribution >= 4 is 29.8 Å². The molecule has 0 saturated carbocycles. The Morgan fingerprint density at radius 3 is 2.16 bits per heavy atom. The number of amides is 1. The van der Waals surface area contributed by atoms with Crippen molar-refractivity contribution in [3.05, 3.63) is 24.0 Å². The van der Waals surface area contributed by atoms with Crippen LogP contribution >= 0.6 is 0 Å². The van der Waals surface area contributed by atoms with Crippen LogP contribution in [0, 0.1) is 5.92 Å². The quantitative estimate of drug-likeness (QED) is 0.298. The van der Waals surface area contributed by atoms with Crippen molar-refractivity contribution in [2.75, 3.05) is 13.7 Å². The summed E-state index contributed by atoms with van der Waals surface area (Å²) in [7, 11) is 1.16. The zero-order valence-corrected chi connectivity index (χ0v) is 18.9. The van der Waals surface area contributed by atoms with E-state index in [2.05, 4.69) is 5.32 Å². The summed E-state index contributed by atoms with van der Waals surface area (Å²) >= 11 is 0. The van der Waals surface area contributed by atoms with Crippen LogP contribution in [0.1, 0.15) is 34.6 Å². The Kier molecular flexibility index (Phi) is 10.4. The molecule has 0 spiro atoms. The van der Waals surface area contributed by atoms with Crippen LogP contribution in [0.5, 0.6) is 0 Å². The highest BCUT2D eigenvalue weighted by molar-refractivity contribution is 5.86. The first-order chi connectivity index (χ1) is 15.0. The van der Waals surface area contributed by atoms with Crippen molar-refractivity contribution < 1.29 is 47.7 Å². The van der Waals surface area contributed by atoms with Gasteiger partial charge in [0.1, 0.15) is 6.61 Å². The van der Waals surface area contributed by atoms with E-state index < -0.39 is 66.7 Å². The van der Waals surface area contributed by atoms with Crippen LogP contribution in [0.25, 0.3) is 0 Å². The van der Waals surface area contributed by atoms with E-state index in [9.17, 15) is 24.0 Å². The molecule has 32 heavy (non-hydrogen) atoms. The molecule has 0 fully saturated rings. The van der Waals surface area contributed by atoms with Gasteiger partial charge in [-0.25, -0.2) is 4.79 Å².